The van der Waals surface area contributed by atoms with Crippen LogP contribution in [-0.2, 0) is 4.74 Å². The molecule has 1 unspecified atom stereocenters. The average Bonchev–Trinajstić information content (AvgIpc) is 2.50. The molecule has 0 saturated carbocycles. The third kappa shape index (κ3) is 1.47. The molecule has 0 aromatic carbocycles. The van der Waals surface area contributed by atoms with Crippen LogP contribution in [0.5, 0.6) is 0 Å². The standard InChI is InChI=1S/C12H20N2O/c1-11(2,7-13)12(8-15-9-12)10-4-5-14(3)6-10/h10H,4-6,8-9H2,1-3H3. The molecule has 84 valence electrons. The van der Waals surface area contributed by atoms with Gasteiger partial charge < -0.3 is 9.64 Å². The summed E-state index contributed by atoms with van der Waals surface area (Å²) in [6.07, 6.45) is 1.21. The van der Waals surface area contributed by atoms with Gasteiger partial charge in [-0.1, -0.05) is 0 Å². The van der Waals surface area contributed by atoms with E-state index >= 15 is 0 Å². The molecule has 2 aliphatic rings. The van der Waals surface area contributed by atoms with Gasteiger partial charge in [-0.2, -0.15) is 5.26 Å². The highest BCUT2D eigenvalue weighted by Crippen LogP contribution is 2.52. The number of hydrogen-bond acceptors (Lipinski definition) is 3. The highest BCUT2D eigenvalue weighted by Gasteiger charge is 2.57. The van der Waals surface area contributed by atoms with Gasteiger partial charge in [0.25, 0.3) is 0 Å². The van der Waals surface area contributed by atoms with E-state index in [1.807, 2.05) is 0 Å². The second-order valence-electron chi connectivity index (χ2n) is 5.63. The second-order valence-corrected chi connectivity index (χ2v) is 5.63. The highest BCUT2D eigenvalue weighted by atomic mass is 16.5. The molecule has 0 aromatic rings. The van der Waals surface area contributed by atoms with Crippen LogP contribution in [0.15, 0.2) is 0 Å². The maximum atomic E-state index is 9.30. The van der Waals surface area contributed by atoms with Crippen molar-refractivity contribution in [2.24, 2.45) is 16.7 Å². The molecular formula is C12H20N2O. The Bertz CT molecular complexity index is 288. The van der Waals surface area contributed by atoms with Crippen LogP contribution < -0.4 is 0 Å². The number of ether oxygens (including phenoxy) is 1. The first kappa shape index (κ1) is 10.9. The molecule has 15 heavy (non-hydrogen) atoms. The number of nitrogens with zero attached hydrogens (tertiary/aromatic N) is 2. The minimum Gasteiger partial charge on any atom is -0.380 e. The van der Waals surface area contributed by atoms with Crippen LogP contribution in [0.1, 0.15) is 20.3 Å². The first-order chi connectivity index (χ1) is 7.02. The van der Waals surface area contributed by atoms with E-state index in [1.165, 1.54) is 6.42 Å². The Balaban J connectivity index is 2.19. The molecule has 0 spiro atoms. The lowest BCUT2D eigenvalue weighted by atomic mass is 9.58. The lowest BCUT2D eigenvalue weighted by molar-refractivity contribution is -0.188. The van der Waals surface area contributed by atoms with Gasteiger partial charge in [-0.3, -0.25) is 0 Å². The first-order valence-electron chi connectivity index (χ1n) is 5.69. The van der Waals surface area contributed by atoms with Crippen LogP contribution in [0.2, 0.25) is 0 Å². The zero-order valence-corrected chi connectivity index (χ0v) is 9.92. The predicted octanol–water partition coefficient (Wildman–Crippen LogP) is 1.50. The van der Waals surface area contributed by atoms with Crippen molar-refractivity contribution in [1.82, 2.24) is 4.90 Å². The summed E-state index contributed by atoms with van der Waals surface area (Å²) in [6.45, 7) is 7.95. The van der Waals surface area contributed by atoms with Crippen molar-refractivity contribution in [3.63, 3.8) is 0 Å². The fourth-order valence-electron chi connectivity index (χ4n) is 2.93. The molecule has 0 amide bonds. The summed E-state index contributed by atoms with van der Waals surface area (Å²) in [5.41, 5.74) is -0.159. The van der Waals surface area contributed by atoms with Crippen molar-refractivity contribution in [3.8, 4) is 6.07 Å². The van der Waals surface area contributed by atoms with Crippen LogP contribution >= 0.6 is 0 Å². The number of likely N-dealkylation sites (tertiary alicyclic amines) is 1. The quantitative estimate of drug-likeness (QED) is 0.690. The SMILES string of the molecule is CN1CCC(C2(C(C)(C)C#N)COC2)C1. The molecule has 0 bridgehead atoms. The van der Waals surface area contributed by atoms with E-state index in [2.05, 4.69) is 31.9 Å². The number of rotatable bonds is 2. The molecule has 2 aliphatic heterocycles. The van der Waals surface area contributed by atoms with Crippen molar-refractivity contribution in [2.45, 2.75) is 20.3 Å². The fraction of sp³-hybridized carbons (Fsp3) is 0.917. The summed E-state index contributed by atoms with van der Waals surface area (Å²) in [5, 5.41) is 9.30. The van der Waals surface area contributed by atoms with Crippen LogP contribution in [0.4, 0.5) is 0 Å². The van der Waals surface area contributed by atoms with Crippen molar-refractivity contribution < 1.29 is 4.74 Å². The monoisotopic (exact) mass is 208 g/mol. The lowest BCUT2D eigenvalue weighted by Crippen LogP contribution is -2.57. The van der Waals surface area contributed by atoms with Gasteiger partial charge >= 0.3 is 0 Å². The Hall–Kier alpha value is -0.590. The van der Waals surface area contributed by atoms with Gasteiger partial charge in [-0.25, -0.2) is 0 Å². The van der Waals surface area contributed by atoms with E-state index in [4.69, 9.17) is 4.74 Å². The predicted molar refractivity (Wildman–Crippen MR) is 58.3 cm³/mol. The molecule has 0 aromatic heterocycles. The lowest BCUT2D eigenvalue weighted by Gasteiger charge is -2.53. The summed E-state index contributed by atoms with van der Waals surface area (Å²) in [7, 11) is 2.16. The molecule has 2 heterocycles. The molecule has 1 atom stereocenters. The molecule has 2 saturated heterocycles. The zero-order valence-electron chi connectivity index (χ0n) is 9.92. The van der Waals surface area contributed by atoms with Gasteiger partial charge in [-0.05, 0) is 39.8 Å². The summed E-state index contributed by atoms with van der Waals surface area (Å²) in [5.74, 6) is 0.630. The smallest absolute Gasteiger partial charge is 0.0691 e. The van der Waals surface area contributed by atoms with Crippen LogP contribution in [0.3, 0.4) is 0 Å². The van der Waals surface area contributed by atoms with E-state index in [0.29, 0.717) is 5.92 Å². The summed E-state index contributed by atoms with van der Waals surface area (Å²) in [6, 6.07) is 2.48. The van der Waals surface area contributed by atoms with Crippen molar-refractivity contribution in [2.75, 3.05) is 33.4 Å². The number of nitriles is 1. The van der Waals surface area contributed by atoms with Crippen molar-refractivity contribution in [1.29, 1.82) is 5.26 Å². The molecule has 0 radical (unpaired) electrons. The van der Waals surface area contributed by atoms with Gasteiger partial charge in [0, 0.05) is 12.0 Å². The van der Waals surface area contributed by atoms with E-state index in [-0.39, 0.29) is 10.8 Å². The largest absolute Gasteiger partial charge is 0.380 e. The normalized spacial score (nSPS) is 30.9. The van der Waals surface area contributed by atoms with E-state index in [9.17, 15) is 5.26 Å². The van der Waals surface area contributed by atoms with Gasteiger partial charge in [0.05, 0.1) is 24.7 Å². The van der Waals surface area contributed by atoms with Gasteiger partial charge in [0.15, 0.2) is 0 Å². The van der Waals surface area contributed by atoms with Crippen molar-refractivity contribution in [3.05, 3.63) is 0 Å². The minimum absolute atomic E-state index is 0.104. The molecule has 3 nitrogen and oxygen atoms in total. The molecular weight excluding hydrogens is 188 g/mol. The van der Waals surface area contributed by atoms with Crippen LogP contribution in [-0.4, -0.2) is 38.3 Å². The van der Waals surface area contributed by atoms with Gasteiger partial charge in [-0.15, -0.1) is 0 Å². The maximum absolute atomic E-state index is 9.30. The highest BCUT2D eigenvalue weighted by molar-refractivity contribution is 5.12. The Morgan fingerprint density at radius 2 is 2.13 bits per heavy atom. The maximum Gasteiger partial charge on any atom is 0.0691 e. The number of hydrogen-bond donors (Lipinski definition) is 0. The molecule has 2 fully saturated rings. The fourth-order valence-corrected chi connectivity index (χ4v) is 2.93. The zero-order chi connectivity index (χ0) is 11.1. The Morgan fingerprint density at radius 3 is 2.47 bits per heavy atom. The summed E-state index contributed by atoms with van der Waals surface area (Å²) in [4.78, 5) is 2.36. The summed E-state index contributed by atoms with van der Waals surface area (Å²) >= 11 is 0. The van der Waals surface area contributed by atoms with Gasteiger partial charge in [0.2, 0.25) is 0 Å². The third-order valence-corrected chi connectivity index (χ3v) is 4.42. The molecule has 0 aliphatic carbocycles. The summed E-state index contributed by atoms with van der Waals surface area (Å²) < 4.78 is 5.40. The Kier molecular flexibility index (Phi) is 2.52. The molecule has 3 heteroatoms. The van der Waals surface area contributed by atoms with E-state index < -0.39 is 0 Å². The van der Waals surface area contributed by atoms with Gasteiger partial charge in [0.1, 0.15) is 0 Å². The Labute approximate surface area is 92.0 Å². The first-order valence-corrected chi connectivity index (χ1v) is 5.69. The van der Waals surface area contributed by atoms with Crippen LogP contribution in [0, 0.1) is 28.1 Å². The third-order valence-electron chi connectivity index (χ3n) is 4.42. The second kappa shape index (κ2) is 3.47. The average molecular weight is 208 g/mol. The Morgan fingerprint density at radius 1 is 1.47 bits per heavy atom. The van der Waals surface area contributed by atoms with Crippen LogP contribution in [0.25, 0.3) is 0 Å². The minimum atomic E-state index is -0.263. The topological polar surface area (TPSA) is 36.3 Å². The molecule has 0 N–H and O–H groups in total. The van der Waals surface area contributed by atoms with Crippen molar-refractivity contribution >= 4 is 0 Å². The van der Waals surface area contributed by atoms with E-state index in [1.54, 1.807) is 0 Å². The molecule has 2 rings (SSSR count). The van der Waals surface area contributed by atoms with E-state index in [0.717, 1.165) is 26.3 Å².